The molecule has 0 saturated heterocycles. The molecule has 0 amide bonds. The fourth-order valence-corrected chi connectivity index (χ4v) is 3.94. The maximum atomic E-state index is 9.05. The molecule has 0 spiro atoms. The molecule has 28 heavy (non-hydrogen) atoms. The van der Waals surface area contributed by atoms with Crippen LogP contribution in [0.3, 0.4) is 0 Å². The molecule has 0 atom stereocenters. The summed E-state index contributed by atoms with van der Waals surface area (Å²) in [5.41, 5.74) is 6.97. The lowest BCUT2D eigenvalue weighted by Crippen LogP contribution is -2.08. The largest absolute Gasteiger partial charge is 0.491 e. The van der Waals surface area contributed by atoms with Gasteiger partial charge in [0, 0.05) is 5.92 Å². The van der Waals surface area contributed by atoms with Crippen molar-refractivity contribution in [3.05, 3.63) is 57.6 Å². The first kappa shape index (κ1) is 22.3. The number of aryl methyl sites for hydroxylation is 4. The van der Waals surface area contributed by atoms with Gasteiger partial charge in [0.15, 0.2) is 0 Å². The van der Waals surface area contributed by atoms with Gasteiger partial charge in [-0.3, -0.25) is 0 Å². The summed E-state index contributed by atoms with van der Waals surface area (Å²) in [5.74, 6) is 2.04. The van der Waals surface area contributed by atoms with Crippen LogP contribution in [0.2, 0.25) is 0 Å². The minimum absolute atomic E-state index is 0.0162. The molecule has 154 valence electrons. The van der Waals surface area contributed by atoms with E-state index in [-0.39, 0.29) is 13.2 Å². The Balaban J connectivity index is 2.43. The second-order valence-corrected chi connectivity index (χ2v) is 7.45. The van der Waals surface area contributed by atoms with E-state index >= 15 is 0 Å². The van der Waals surface area contributed by atoms with Gasteiger partial charge in [-0.2, -0.15) is 0 Å². The fraction of sp³-hybridized carbons (Fsp3) is 0.500. The first-order valence-corrected chi connectivity index (χ1v) is 10.1. The molecule has 0 saturated carbocycles. The Hall–Kier alpha value is -2.04. The lowest BCUT2D eigenvalue weighted by Gasteiger charge is -2.23. The highest BCUT2D eigenvalue weighted by molar-refractivity contribution is 5.50. The van der Waals surface area contributed by atoms with E-state index in [1.54, 1.807) is 0 Å². The summed E-state index contributed by atoms with van der Waals surface area (Å²) in [6.45, 7) is 11.1. The fourth-order valence-electron chi connectivity index (χ4n) is 3.94. The first-order valence-electron chi connectivity index (χ1n) is 10.1. The van der Waals surface area contributed by atoms with E-state index in [1.807, 2.05) is 0 Å². The molecule has 0 radical (unpaired) electrons. The van der Waals surface area contributed by atoms with Crippen molar-refractivity contribution in [1.29, 1.82) is 0 Å². The van der Waals surface area contributed by atoms with Crippen molar-refractivity contribution < 1.29 is 19.7 Å². The molecule has 2 rings (SSSR count). The summed E-state index contributed by atoms with van der Waals surface area (Å²) in [6.07, 6.45) is 2.15. The molecule has 2 N–H and O–H groups in total. The molecular formula is C24H34O4. The second kappa shape index (κ2) is 10.5. The van der Waals surface area contributed by atoms with Crippen molar-refractivity contribution in [3.8, 4) is 11.5 Å². The van der Waals surface area contributed by atoms with Gasteiger partial charge in [-0.25, -0.2) is 0 Å². The Labute approximate surface area is 169 Å². The molecule has 0 heterocycles. The molecule has 0 unspecified atom stereocenters. The maximum absolute atomic E-state index is 9.05. The third kappa shape index (κ3) is 5.27. The van der Waals surface area contributed by atoms with Crippen LogP contribution in [0.15, 0.2) is 24.3 Å². The van der Waals surface area contributed by atoms with Crippen LogP contribution in [-0.4, -0.2) is 36.6 Å². The van der Waals surface area contributed by atoms with Crippen molar-refractivity contribution in [3.63, 3.8) is 0 Å². The molecule has 0 aliphatic heterocycles. The van der Waals surface area contributed by atoms with Crippen LogP contribution >= 0.6 is 0 Å². The van der Waals surface area contributed by atoms with Crippen LogP contribution in [0.5, 0.6) is 11.5 Å². The molecule has 0 aliphatic rings. The third-order valence-corrected chi connectivity index (χ3v) is 5.02. The van der Waals surface area contributed by atoms with Crippen LogP contribution in [-0.2, 0) is 0 Å². The molecule has 0 aliphatic carbocycles. The van der Waals surface area contributed by atoms with Crippen molar-refractivity contribution in [1.82, 2.24) is 0 Å². The lowest BCUT2D eigenvalue weighted by molar-refractivity contribution is 0.200. The molecule has 4 heteroatoms. The Bertz CT molecular complexity index is 673. The maximum Gasteiger partial charge on any atom is 0.125 e. The van der Waals surface area contributed by atoms with Gasteiger partial charge >= 0.3 is 0 Å². The Morgan fingerprint density at radius 3 is 1.36 bits per heavy atom. The highest BCUT2D eigenvalue weighted by Gasteiger charge is 2.19. The highest BCUT2D eigenvalue weighted by Crippen LogP contribution is 2.37. The van der Waals surface area contributed by atoms with E-state index in [9.17, 15) is 0 Å². The smallest absolute Gasteiger partial charge is 0.125 e. The van der Waals surface area contributed by atoms with E-state index in [2.05, 4.69) is 58.9 Å². The van der Waals surface area contributed by atoms with Crippen LogP contribution in [0.25, 0.3) is 0 Å². The minimum Gasteiger partial charge on any atom is -0.491 e. The number of aliphatic hydroxyl groups is 2. The summed E-state index contributed by atoms with van der Waals surface area (Å²) in [5, 5.41) is 18.1. The van der Waals surface area contributed by atoms with Gasteiger partial charge in [0.05, 0.1) is 13.2 Å². The summed E-state index contributed by atoms with van der Waals surface area (Å²) in [4.78, 5) is 0. The molecule has 0 fully saturated rings. The number of rotatable bonds is 10. The lowest BCUT2D eigenvalue weighted by atomic mass is 9.84. The van der Waals surface area contributed by atoms with E-state index in [0.29, 0.717) is 19.1 Å². The highest BCUT2D eigenvalue weighted by atomic mass is 16.5. The van der Waals surface area contributed by atoms with E-state index in [1.165, 1.54) is 11.1 Å². The van der Waals surface area contributed by atoms with E-state index in [4.69, 9.17) is 19.7 Å². The van der Waals surface area contributed by atoms with E-state index < -0.39 is 0 Å². The van der Waals surface area contributed by atoms with Gasteiger partial charge < -0.3 is 19.7 Å². The zero-order chi connectivity index (χ0) is 20.7. The van der Waals surface area contributed by atoms with Crippen molar-refractivity contribution >= 4 is 0 Å². The van der Waals surface area contributed by atoms with E-state index in [0.717, 1.165) is 46.6 Å². The Morgan fingerprint density at radius 1 is 0.714 bits per heavy atom. The average Bonchev–Trinajstić information content (AvgIpc) is 2.64. The average molecular weight is 387 g/mol. The zero-order valence-electron chi connectivity index (χ0n) is 17.8. The SMILES string of the molecule is CCCC(c1cc(C)c(OCCO)c(C)c1)c1cc(C)c(OCCO)c(C)c1. The monoisotopic (exact) mass is 386 g/mol. The van der Waals surface area contributed by atoms with Gasteiger partial charge in [-0.05, 0) is 67.5 Å². The predicted molar refractivity (Wildman–Crippen MR) is 114 cm³/mol. The summed E-state index contributed by atoms with van der Waals surface area (Å²) in [6, 6.07) is 8.84. The minimum atomic E-state index is 0.0162. The van der Waals surface area contributed by atoms with Crippen LogP contribution in [0.1, 0.15) is 59.1 Å². The van der Waals surface area contributed by atoms with Gasteiger partial charge in [0.25, 0.3) is 0 Å². The van der Waals surface area contributed by atoms with Crippen molar-refractivity contribution in [2.24, 2.45) is 0 Å². The van der Waals surface area contributed by atoms with Crippen molar-refractivity contribution in [2.45, 2.75) is 53.4 Å². The molecule has 2 aromatic rings. The quantitative estimate of drug-likeness (QED) is 0.627. The second-order valence-electron chi connectivity index (χ2n) is 7.45. The summed E-state index contributed by atoms with van der Waals surface area (Å²) in [7, 11) is 0. The molecule has 2 aromatic carbocycles. The van der Waals surface area contributed by atoms with Gasteiger partial charge in [0.2, 0.25) is 0 Å². The normalized spacial score (nSPS) is 11.1. The van der Waals surface area contributed by atoms with Crippen LogP contribution in [0.4, 0.5) is 0 Å². The van der Waals surface area contributed by atoms with Gasteiger partial charge in [-0.15, -0.1) is 0 Å². The Morgan fingerprint density at radius 2 is 1.07 bits per heavy atom. The molecule has 4 nitrogen and oxygen atoms in total. The molecule has 0 bridgehead atoms. The molecule has 0 aromatic heterocycles. The van der Waals surface area contributed by atoms with Crippen LogP contribution in [0, 0.1) is 27.7 Å². The Kier molecular flexibility index (Phi) is 8.34. The van der Waals surface area contributed by atoms with Crippen molar-refractivity contribution in [2.75, 3.05) is 26.4 Å². The van der Waals surface area contributed by atoms with Gasteiger partial charge in [-0.1, -0.05) is 37.6 Å². The number of benzene rings is 2. The summed E-state index contributed by atoms with van der Waals surface area (Å²) < 4.78 is 11.4. The third-order valence-electron chi connectivity index (χ3n) is 5.02. The summed E-state index contributed by atoms with van der Waals surface area (Å²) >= 11 is 0. The first-order chi connectivity index (χ1) is 13.4. The topological polar surface area (TPSA) is 58.9 Å². The number of ether oxygens (including phenoxy) is 2. The number of aliphatic hydroxyl groups excluding tert-OH is 2. The van der Waals surface area contributed by atoms with Crippen LogP contribution < -0.4 is 9.47 Å². The predicted octanol–water partition coefficient (Wildman–Crippen LogP) is 4.59. The zero-order valence-corrected chi connectivity index (χ0v) is 17.8. The molecular weight excluding hydrogens is 352 g/mol. The number of hydrogen-bond acceptors (Lipinski definition) is 4. The van der Waals surface area contributed by atoms with Gasteiger partial charge in [0.1, 0.15) is 24.7 Å². The number of hydrogen-bond donors (Lipinski definition) is 2. The standard InChI is InChI=1S/C24H34O4/c1-6-7-22(20-12-16(2)23(17(3)13-20)27-10-8-25)21-14-18(4)24(19(5)15-21)28-11-9-26/h12-15,22,25-26H,6-11H2,1-5H3.